The van der Waals surface area contributed by atoms with E-state index in [-0.39, 0.29) is 16.5 Å². The lowest BCUT2D eigenvalue weighted by Crippen LogP contribution is -2.29. The van der Waals surface area contributed by atoms with E-state index in [0.717, 1.165) is 4.70 Å². The monoisotopic (exact) mass is 465 g/mol. The Morgan fingerprint density at radius 3 is 2.50 bits per heavy atom. The Morgan fingerprint density at radius 1 is 1.06 bits per heavy atom. The summed E-state index contributed by atoms with van der Waals surface area (Å²) >= 11 is 7.27. The molecule has 0 saturated carbocycles. The van der Waals surface area contributed by atoms with E-state index in [1.54, 1.807) is 18.2 Å². The van der Waals surface area contributed by atoms with E-state index in [4.69, 9.17) is 11.6 Å². The third-order valence-corrected chi connectivity index (χ3v) is 6.38. The zero-order valence-electron chi connectivity index (χ0n) is 16.2. The molecule has 1 saturated heterocycles. The molecule has 1 aliphatic rings. The molecular weight excluding hydrogens is 453 g/mol. The minimum atomic E-state index is -0.986. The summed E-state index contributed by atoms with van der Waals surface area (Å²) in [4.78, 5) is 35.9. The molecule has 1 N–H and O–H groups in total. The minimum Gasteiger partial charge on any atom is -0.507 e. The number of hydrogen-bond donors (Lipinski definition) is 1. The van der Waals surface area contributed by atoms with Gasteiger partial charge in [-0.25, -0.2) is 9.37 Å². The third kappa shape index (κ3) is 3.34. The second-order valence-electron chi connectivity index (χ2n) is 7.07. The number of carbonyl (C=O) groups excluding carboxylic acids is 2. The Labute approximate surface area is 190 Å². The quantitative estimate of drug-likeness (QED) is 0.258. The number of amides is 1. The molecule has 1 amide bonds. The van der Waals surface area contributed by atoms with Crippen molar-refractivity contribution in [3.8, 4) is 0 Å². The number of carbonyl (C=O) groups is 2. The first kappa shape index (κ1) is 20.3. The molecule has 0 spiro atoms. The van der Waals surface area contributed by atoms with Gasteiger partial charge in [-0.3, -0.25) is 19.5 Å². The Morgan fingerprint density at radius 2 is 1.78 bits per heavy atom. The predicted molar refractivity (Wildman–Crippen MR) is 120 cm³/mol. The average Bonchev–Trinajstić information content (AvgIpc) is 3.32. The van der Waals surface area contributed by atoms with Gasteiger partial charge in [0, 0.05) is 23.0 Å². The molecule has 6 nitrogen and oxygen atoms in total. The van der Waals surface area contributed by atoms with Crippen LogP contribution in [0.1, 0.15) is 17.2 Å². The lowest BCUT2D eigenvalue weighted by atomic mass is 9.95. The molecule has 2 aromatic carbocycles. The number of Topliss-reactive ketones (excluding diaryl/α,β-unsaturated/α-hetero) is 1. The highest BCUT2D eigenvalue weighted by Gasteiger charge is 2.48. The first-order valence-electron chi connectivity index (χ1n) is 9.47. The van der Waals surface area contributed by atoms with Crippen LogP contribution in [-0.2, 0) is 9.59 Å². The van der Waals surface area contributed by atoms with Crippen LogP contribution in [-0.4, -0.2) is 26.8 Å². The first-order valence-corrected chi connectivity index (χ1v) is 10.7. The number of aromatic nitrogens is 2. The Balaban J connectivity index is 1.73. The maximum absolute atomic E-state index is 13.6. The van der Waals surface area contributed by atoms with E-state index >= 15 is 0 Å². The van der Waals surface area contributed by atoms with Gasteiger partial charge in [0.2, 0.25) is 0 Å². The molecule has 158 valence electrons. The largest absolute Gasteiger partial charge is 0.507 e. The summed E-state index contributed by atoms with van der Waals surface area (Å²) in [6.07, 6.45) is 2.94. The third-order valence-electron chi connectivity index (χ3n) is 5.13. The smallest absolute Gasteiger partial charge is 0.301 e. The minimum absolute atomic E-state index is 0.106. The van der Waals surface area contributed by atoms with Crippen LogP contribution in [0.5, 0.6) is 0 Å². The highest BCUT2D eigenvalue weighted by molar-refractivity contribution is 7.22. The number of benzene rings is 2. The van der Waals surface area contributed by atoms with Crippen LogP contribution in [0.15, 0.2) is 72.6 Å². The van der Waals surface area contributed by atoms with Crippen molar-refractivity contribution < 1.29 is 19.1 Å². The number of thiazole rings is 1. The number of aliphatic hydroxyl groups excluding tert-OH is 1. The molecule has 1 unspecified atom stereocenters. The Hall–Kier alpha value is -3.62. The van der Waals surface area contributed by atoms with E-state index in [0.29, 0.717) is 21.7 Å². The van der Waals surface area contributed by atoms with Gasteiger partial charge in [-0.15, -0.1) is 0 Å². The van der Waals surface area contributed by atoms with Gasteiger partial charge in [0.25, 0.3) is 5.78 Å². The van der Waals surface area contributed by atoms with Crippen molar-refractivity contribution in [2.75, 3.05) is 4.90 Å². The maximum atomic E-state index is 13.6. The number of pyridine rings is 1. The second-order valence-corrected chi connectivity index (χ2v) is 8.51. The molecule has 4 aromatic rings. The van der Waals surface area contributed by atoms with Crippen LogP contribution in [0, 0.1) is 5.82 Å². The van der Waals surface area contributed by atoms with Crippen LogP contribution >= 0.6 is 22.9 Å². The summed E-state index contributed by atoms with van der Waals surface area (Å²) in [5, 5.41) is 11.8. The van der Waals surface area contributed by atoms with Gasteiger partial charge < -0.3 is 5.11 Å². The van der Waals surface area contributed by atoms with Gasteiger partial charge in [0.1, 0.15) is 11.6 Å². The van der Waals surface area contributed by atoms with Crippen LogP contribution < -0.4 is 4.90 Å². The fourth-order valence-corrected chi connectivity index (χ4v) is 4.91. The van der Waals surface area contributed by atoms with Gasteiger partial charge >= 0.3 is 5.91 Å². The van der Waals surface area contributed by atoms with Crippen molar-refractivity contribution in [3.63, 3.8) is 0 Å². The zero-order chi connectivity index (χ0) is 22.4. The molecule has 2 aromatic heterocycles. The van der Waals surface area contributed by atoms with E-state index in [1.165, 1.54) is 65.0 Å². The highest BCUT2D eigenvalue weighted by Crippen LogP contribution is 2.44. The summed E-state index contributed by atoms with van der Waals surface area (Å²) in [6.45, 7) is 0. The summed E-state index contributed by atoms with van der Waals surface area (Å²) in [6, 6.07) is 12.6. The van der Waals surface area contributed by atoms with Gasteiger partial charge in [-0.1, -0.05) is 35.1 Å². The van der Waals surface area contributed by atoms with Crippen molar-refractivity contribution in [2.45, 2.75) is 6.04 Å². The summed E-state index contributed by atoms with van der Waals surface area (Å²) < 4.78 is 14.3. The van der Waals surface area contributed by atoms with Crippen molar-refractivity contribution in [2.24, 2.45) is 0 Å². The molecule has 0 bridgehead atoms. The number of halogens is 2. The molecule has 0 aliphatic carbocycles. The molecule has 1 atom stereocenters. The van der Waals surface area contributed by atoms with E-state index < -0.39 is 23.5 Å². The number of rotatable bonds is 3. The zero-order valence-corrected chi connectivity index (χ0v) is 17.8. The summed E-state index contributed by atoms with van der Waals surface area (Å²) in [7, 11) is 0. The summed E-state index contributed by atoms with van der Waals surface area (Å²) in [5.74, 6) is -2.49. The topological polar surface area (TPSA) is 83.4 Å². The SMILES string of the molecule is O=C1C(=O)N(c2nc3ccc(Cl)cc3s2)C(c2ccc(F)cc2)/C1=C(\O)c1ccncc1. The van der Waals surface area contributed by atoms with Crippen LogP contribution in [0.3, 0.4) is 0 Å². The van der Waals surface area contributed by atoms with Crippen LogP contribution in [0.25, 0.3) is 16.0 Å². The molecule has 32 heavy (non-hydrogen) atoms. The molecule has 1 aliphatic heterocycles. The number of aliphatic hydroxyl groups is 1. The first-order chi connectivity index (χ1) is 15.4. The number of ketones is 1. The van der Waals surface area contributed by atoms with E-state index in [9.17, 15) is 19.1 Å². The Kier molecular flexibility index (Phi) is 4.96. The molecule has 1 fully saturated rings. The van der Waals surface area contributed by atoms with Crippen molar-refractivity contribution in [1.82, 2.24) is 9.97 Å². The number of anilines is 1. The maximum Gasteiger partial charge on any atom is 0.301 e. The highest BCUT2D eigenvalue weighted by atomic mass is 35.5. The number of nitrogens with zero attached hydrogens (tertiary/aromatic N) is 3. The second kappa shape index (κ2) is 7.81. The number of hydrogen-bond acceptors (Lipinski definition) is 6. The van der Waals surface area contributed by atoms with Crippen molar-refractivity contribution >= 4 is 55.7 Å². The molecular formula is C23H13ClFN3O3S. The summed E-state index contributed by atoms with van der Waals surface area (Å²) in [5.41, 5.74) is 1.30. The van der Waals surface area contributed by atoms with Gasteiger partial charge in [0.05, 0.1) is 21.8 Å². The van der Waals surface area contributed by atoms with Gasteiger partial charge in [-0.2, -0.15) is 0 Å². The predicted octanol–water partition coefficient (Wildman–Crippen LogP) is 5.11. The van der Waals surface area contributed by atoms with Crippen LogP contribution in [0.4, 0.5) is 9.52 Å². The standard InChI is InChI=1S/C23H13ClFN3O3S/c24-14-3-6-16-17(11-14)32-23(27-16)28-19(12-1-4-15(25)5-2-12)18(21(30)22(28)31)20(29)13-7-9-26-10-8-13/h1-11,19,29H/b20-18+. The normalized spacial score (nSPS) is 17.9. The number of fused-ring (bicyclic) bond motifs is 1. The van der Waals surface area contributed by atoms with Crippen LogP contribution in [0.2, 0.25) is 5.02 Å². The lowest BCUT2D eigenvalue weighted by molar-refractivity contribution is -0.132. The van der Waals surface area contributed by atoms with Crippen molar-refractivity contribution in [1.29, 1.82) is 0 Å². The van der Waals surface area contributed by atoms with Gasteiger partial charge in [0.15, 0.2) is 5.13 Å². The molecule has 9 heteroatoms. The average molecular weight is 466 g/mol. The molecule has 3 heterocycles. The van der Waals surface area contributed by atoms with E-state index in [2.05, 4.69) is 9.97 Å². The van der Waals surface area contributed by atoms with Crippen molar-refractivity contribution in [3.05, 3.63) is 94.5 Å². The van der Waals surface area contributed by atoms with Gasteiger partial charge in [-0.05, 0) is 48.0 Å². The molecule has 0 radical (unpaired) electrons. The molecule has 5 rings (SSSR count). The lowest BCUT2D eigenvalue weighted by Gasteiger charge is -2.22. The fraction of sp³-hybridized carbons (Fsp3) is 0.0435. The fourth-order valence-electron chi connectivity index (χ4n) is 3.64. The van der Waals surface area contributed by atoms with E-state index in [1.807, 2.05) is 0 Å². The Bertz CT molecular complexity index is 1400.